The summed E-state index contributed by atoms with van der Waals surface area (Å²) in [6, 6.07) is 41.4. The summed E-state index contributed by atoms with van der Waals surface area (Å²) in [5.74, 6) is 8.95. The smallest absolute Gasteiger partial charge is 0.110 e. The molecule has 0 saturated carbocycles. The first-order valence-electron chi connectivity index (χ1n) is 18.3. The lowest BCUT2D eigenvalue weighted by Gasteiger charge is -2.11. The summed E-state index contributed by atoms with van der Waals surface area (Å²) in [5, 5.41) is 5.01. The maximum Gasteiger partial charge on any atom is 0.110 e. The average Bonchev–Trinajstić information content (AvgIpc) is 3.78. The van der Waals surface area contributed by atoms with Crippen molar-refractivity contribution < 1.29 is 0 Å². The van der Waals surface area contributed by atoms with E-state index in [0.717, 1.165) is 39.9 Å². The Kier molecular flexibility index (Phi) is 10.3. The van der Waals surface area contributed by atoms with Crippen molar-refractivity contribution >= 4 is 76.5 Å². The molecular weight excluding hydrogens is 689 g/mol. The normalized spacial score (nSPS) is 15.0. The molecule has 0 spiro atoms. The number of rotatable bonds is 7. The van der Waals surface area contributed by atoms with Crippen molar-refractivity contribution in [3.05, 3.63) is 162 Å². The second kappa shape index (κ2) is 16.1. The van der Waals surface area contributed by atoms with Gasteiger partial charge in [0.25, 0.3) is 0 Å². The van der Waals surface area contributed by atoms with Gasteiger partial charge in [0.2, 0.25) is 0 Å². The molecule has 8 aromatic rings. The third-order valence-corrected chi connectivity index (χ3v) is 10.9. The fourth-order valence-electron chi connectivity index (χ4n) is 7.05. The number of nitrogens with one attached hydrogen (secondary N) is 1. The molecule has 4 nitrogen and oxygen atoms in total. The molecule has 0 atom stereocenters. The molecule has 1 N–H and O–H groups in total. The van der Waals surface area contributed by atoms with Gasteiger partial charge in [-0.05, 0) is 113 Å². The molecule has 9 rings (SSSR count). The van der Waals surface area contributed by atoms with Gasteiger partial charge in [0.15, 0.2) is 0 Å². The topological polar surface area (TPSA) is 53.4 Å². The molecule has 1 aliphatic rings. The molecule has 0 saturated heterocycles. The van der Waals surface area contributed by atoms with Crippen LogP contribution < -0.4 is 0 Å². The number of hydrogen-bond acceptors (Lipinski definition) is 3. The lowest BCUT2D eigenvalue weighted by atomic mass is 9.93. The van der Waals surface area contributed by atoms with E-state index in [0.29, 0.717) is 13.0 Å². The highest BCUT2D eigenvalue weighted by Crippen LogP contribution is 2.36. The molecule has 3 heterocycles. The Morgan fingerprint density at radius 2 is 1.60 bits per heavy atom. The number of pyridine rings is 1. The third kappa shape index (κ3) is 7.66. The molecule has 264 valence electrons. The number of hydrogen-bond donors (Lipinski definition) is 1. The van der Waals surface area contributed by atoms with Gasteiger partial charge in [-0.1, -0.05) is 84.6 Å². The Morgan fingerprint density at radius 3 is 2.53 bits per heavy atom. The predicted octanol–water partition coefficient (Wildman–Crippen LogP) is 12.7. The summed E-state index contributed by atoms with van der Waals surface area (Å²) in [6.45, 7) is 4.26. The fraction of sp³-hybridized carbons (Fsp3) is 0.100. The second-order valence-corrected chi connectivity index (χ2v) is 14.5. The van der Waals surface area contributed by atoms with Crippen LogP contribution in [0.5, 0.6) is 0 Å². The van der Waals surface area contributed by atoms with E-state index in [2.05, 4.69) is 167 Å². The number of aromatic amines is 1. The van der Waals surface area contributed by atoms with Crippen LogP contribution in [0.4, 0.5) is 0 Å². The van der Waals surface area contributed by atoms with E-state index in [1.807, 2.05) is 30.7 Å². The molecule has 1 aliphatic carbocycles. The summed E-state index contributed by atoms with van der Waals surface area (Å²) < 4.78 is 2.64. The highest BCUT2D eigenvalue weighted by molar-refractivity contribution is 7.25. The van der Waals surface area contributed by atoms with Crippen LogP contribution in [0.2, 0.25) is 0 Å². The van der Waals surface area contributed by atoms with Gasteiger partial charge in [-0.15, -0.1) is 23.7 Å². The van der Waals surface area contributed by atoms with Crippen molar-refractivity contribution in [3.63, 3.8) is 0 Å². The molecule has 0 aliphatic heterocycles. The standard InChI is InChI=1S/C47H34N4S.C3H4/c1-31(50-30-49-28-32-9-7-13-34(23-32)39-18-20-47-43(27-39)41-15-5-6-16-46(41)52-47)33-12-8-14-37(24-33)35-10-3-2-4-11-36(25-35)38-17-19-44-42(26-38)40-21-22-48-29-45(40)51-44;1-3-2/h5-9,11-27,29-30,51H,4,10,28H2,1H3;1H,2H3/b35-25+,36-11+,49-30?,50-31?;. The molecule has 55 heavy (non-hydrogen) atoms. The minimum atomic E-state index is 0.566. The second-order valence-electron chi connectivity index (χ2n) is 13.4. The molecule has 0 fully saturated rings. The van der Waals surface area contributed by atoms with Crippen molar-refractivity contribution in [3.8, 4) is 35.3 Å². The van der Waals surface area contributed by atoms with Gasteiger partial charge in [0, 0.05) is 61.2 Å². The average molecular weight is 727 g/mol. The Morgan fingerprint density at radius 1 is 0.800 bits per heavy atom. The maximum atomic E-state index is 4.74. The monoisotopic (exact) mass is 726 g/mol. The van der Waals surface area contributed by atoms with Crippen LogP contribution in [0.3, 0.4) is 0 Å². The van der Waals surface area contributed by atoms with Gasteiger partial charge in [0.1, 0.15) is 6.34 Å². The van der Waals surface area contributed by atoms with Gasteiger partial charge in [-0.25, -0.2) is 4.99 Å². The van der Waals surface area contributed by atoms with Crippen LogP contribution in [-0.2, 0) is 6.54 Å². The number of nitrogens with zero attached hydrogens (tertiary/aromatic N) is 3. The number of allylic oxidation sites excluding steroid dienone is 4. The fourth-order valence-corrected chi connectivity index (χ4v) is 8.14. The van der Waals surface area contributed by atoms with Crippen LogP contribution in [0.25, 0.3) is 64.3 Å². The molecule has 3 aromatic heterocycles. The number of benzene rings is 5. The molecule has 0 bridgehead atoms. The van der Waals surface area contributed by atoms with Crippen molar-refractivity contribution in [1.82, 2.24) is 9.97 Å². The quantitative estimate of drug-likeness (QED) is 0.0992. The zero-order valence-electron chi connectivity index (χ0n) is 30.8. The van der Waals surface area contributed by atoms with Crippen LogP contribution in [0.1, 0.15) is 48.9 Å². The van der Waals surface area contributed by atoms with Gasteiger partial charge in [-0.2, -0.15) is 0 Å². The molecule has 0 amide bonds. The molecule has 5 heteroatoms. The first kappa shape index (κ1) is 35.3. The van der Waals surface area contributed by atoms with E-state index in [4.69, 9.17) is 4.99 Å². The molecule has 0 radical (unpaired) electrons. The maximum absolute atomic E-state index is 4.74. The Balaban J connectivity index is 0.00000138. The van der Waals surface area contributed by atoms with Crippen molar-refractivity contribution in [2.75, 3.05) is 0 Å². The van der Waals surface area contributed by atoms with Crippen LogP contribution in [0.15, 0.2) is 150 Å². The predicted molar refractivity (Wildman–Crippen MR) is 237 cm³/mol. The van der Waals surface area contributed by atoms with E-state index >= 15 is 0 Å². The Hall–Kier alpha value is -6.79. The third-order valence-electron chi connectivity index (χ3n) is 9.79. The number of H-pyrrole nitrogens is 1. The lowest BCUT2D eigenvalue weighted by molar-refractivity contribution is 1.07. The van der Waals surface area contributed by atoms with E-state index in [-0.39, 0.29) is 0 Å². The van der Waals surface area contributed by atoms with Gasteiger partial charge >= 0.3 is 0 Å². The zero-order valence-corrected chi connectivity index (χ0v) is 31.6. The number of terminal acetylenes is 1. The number of fused-ring (bicyclic) bond motifs is 6. The number of aliphatic imine (C=N–C) groups is 2. The zero-order chi connectivity index (χ0) is 37.6. The largest absolute Gasteiger partial charge is 0.353 e. The van der Waals surface area contributed by atoms with Crippen molar-refractivity contribution in [2.45, 2.75) is 33.2 Å². The first-order chi connectivity index (χ1) is 27.1. The van der Waals surface area contributed by atoms with Gasteiger partial charge in [0.05, 0.1) is 18.3 Å². The highest BCUT2D eigenvalue weighted by atomic mass is 32.1. The summed E-state index contributed by atoms with van der Waals surface area (Å²) in [6.07, 6.45) is 16.0. The van der Waals surface area contributed by atoms with E-state index in [9.17, 15) is 0 Å². The first-order valence-corrected chi connectivity index (χ1v) is 19.1. The molecular formula is C50H38N4S. The minimum Gasteiger partial charge on any atom is -0.353 e. The molecule has 0 unspecified atom stereocenters. The van der Waals surface area contributed by atoms with Gasteiger partial charge in [-0.3, -0.25) is 9.98 Å². The van der Waals surface area contributed by atoms with E-state index in [1.54, 1.807) is 13.3 Å². The summed E-state index contributed by atoms with van der Waals surface area (Å²) >= 11 is 1.85. The van der Waals surface area contributed by atoms with Crippen LogP contribution in [-0.4, -0.2) is 22.0 Å². The van der Waals surface area contributed by atoms with Crippen molar-refractivity contribution in [2.24, 2.45) is 9.98 Å². The SMILES string of the molecule is C#CC.CC(=NC=NCc1cccc(-c2ccc3sc4ccccc4c3c2)c1)c1cccc(/C2=C/C(c3ccc4[nH]c5cnccc5c4c3)=C\CC#CC2)c1. The number of thiophene rings is 1. The van der Waals surface area contributed by atoms with Crippen molar-refractivity contribution in [1.29, 1.82) is 0 Å². The van der Waals surface area contributed by atoms with Crippen LogP contribution >= 0.6 is 11.3 Å². The molecule has 5 aromatic carbocycles. The Bertz CT molecular complexity index is 2950. The van der Waals surface area contributed by atoms with Crippen LogP contribution in [0, 0.1) is 24.2 Å². The highest BCUT2D eigenvalue weighted by Gasteiger charge is 2.11. The number of aromatic nitrogens is 2. The minimum absolute atomic E-state index is 0.566. The summed E-state index contributed by atoms with van der Waals surface area (Å²) in [7, 11) is 0. The Labute approximate surface area is 325 Å². The summed E-state index contributed by atoms with van der Waals surface area (Å²) in [5.41, 5.74) is 12.4. The lowest BCUT2D eigenvalue weighted by Crippen LogP contribution is -1.97. The van der Waals surface area contributed by atoms with E-state index in [1.165, 1.54) is 58.8 Å². The van der Waals surface area contributed by atoms with Gasteiger partial charge < -0.3 is 4.98 Å². The van der Waals surface area contributed by atoms with E-state index < -0.39 is 0 Å². The summed E-state index contributed by atoms with van der Waals surface area (Å²) in [4.78, 5) is 17.2.